The molecule has 5 heteroatoms. The fourth-order valence-corrected chi connectivity index (χ4v) is 1.86. The molecule has 0 amide bonds. The highest BCUT2D eigenvalue weighted by atomic mass is 16.1. The molecule has 1 heterocycles. The van der Waals surface area contributed by atoms with Crippen LogP contribution in [0.2, 0.25) is 0 Å². The minimum absolute atomic E-state index is 0.0116. The number of aryl methyl sites for hydroxylation is 1. The van der Waals surface area contributed by atoms with Crippen LogP contribution >= 0.6 is 0 Å². The smallest absolute Gasteiger partial charge is 0.184 e. The van der Waals surface area contributed by atoms with Crippen LogP contribution in [0.3, 0.4) is 0 Å². The highest BCUT2D eigenvalue weighted by Gasteiger charge is 2.30. The van der Waals surface area contributed by atoms with Crippen LogP contribution in [0.25, 0.3) is 0 Å². The molecule has 1 saturated carbocycles. The third-order valence-corrected chi connectivity index (χ3v) is 2.99. The lowest BCUT2D eigenvalue weighted by atomic mass is 10.1. The van der Waals surface area contributed by atoms with E-state index < -0.39 is 0 Å². The predicted molar refractivity (Wildman–Crippen MR) is 60.0 cm³/mol. The van der Waals surface area contributed by atoms with Gasteiger partial charge in [0, 0.05) is 19.0 Å². The Bertz CT molecular complexity index is 370. The van der Waals surface area contributed by atoms with Gasteiger partial charge in [-0.1, -0.05) is 12.1 Å². The molecule has 0 spiro atoms. The number of hydrogen-bond donors (Lipinski definition) is 1. The molecule has 1 aliphatic rings. The number of rotatable bonds is 6. The van der Waals surface area contributed by atoms with Crippen molar-refractivity contribution in [3.05, 3.63) is 11.9 Å². The molecule has 0 saturated heterocycles. The van der Waals surface area contributed by atoms with Gasteiger partial charge >= 0.3 is 0 Å². The molecule has 1 fully saturated rings. The molecule has 1 aromatic rings. The summed E-state index contributed by atoms with van der Waals surface area (Å²) < 4.78 is 1.67. The van der Waals surface area contributed by atoms with Crippen LogP contribution in [0.15, 0.2) is 6.20 Å². The summed E-state index contributed by atoms with van der Waals surface area (Å²) in [5.41, 5.74) is 6.53. The normalized spacial score (nSPS) is 17.4. The topological polar surface area (TPSA) is 73.8 Å². The average Bonchev–Trinajstić information content (AvgIpc) is 3.00. The zero-order valence-corrected chi connectivity index (χ0v) is 9.59. The highest BCUT2D eigenvalue weighted by Crippen LogP contribution is 2.33. The molecule has 5 nitrogen and oxygen atoms in total. The number of nitrogens with zero attached hydrogens (tertiary/aromatic N) is 3. The second kappa shape index (κ2) is 4.74. The van der Waals surface area contributed by atoms with E-state index in [2.05, 4.69) is 10.3 Å². The molecule has 1 aliphatic carbocycles. The molecule has 0 radical (unpaired) electrons. The number of carbonyl (C=O) groups excluding carboxylic acids is 1. The van der Waals surface area contributed by atoms with Crippen LogP contribution in [-0.4, -0.2) is 26.8 Å². The fraction of sp³-hybridized carbons (Fsp3) is 0.727. The van der Waals surface area contributed by atoms with Crippen molar-refractivity contribution < 1.29 is 4.79 Å². The predicted octanol–water partition coefficient (Wildman–Crippen LogP) is 0.998. The van der Waals surface area contributed by atoms with E-state index >= 15 is 0 Å². The lowest BCUT2D eigenvalue weighted by molar-refractivity contribution is 0.0960. The molecule has 0 aliphatic heterocycles. The Labute approximate surface area is 95.0 Å². The second-order valence-electron chi connectivity index (χ2n) is 4.47. The van der Waals surface area contributed by atoms with Gasteiger partial charge in [0.2, 0.25) is 0 Å². The summed E-state index contributed by atoms with van der Waals surface area (Å²) in [5, 5.41) is 7.68. The Balaban J connectivity index is 1.98. The number of ketones is 1. The Kier molecular flexibility index (Phi) is 3.33. The van der Waals surface area contributed by atoms with Crippen LogP contribution in [0, 0.1) is 5.92 Å². The average molecular weight is 222 g/mol. The van der Waals surface area contributed by atoms with E-state index in [0.717, 1.165) is 13.0 Å². The highest BCUT2D eigenvalue weighted by molar-refractivity contribution is 5.94. The lowest BCUT2D eigenvalue weighted by Crippen LogP contribution is -2.27. The number of hydrogen-bond acceptors (Lipinski definition) is 4. The summed E-state index contributed by atoms with van der Waals surface area (Å²) in [6.07, 6.45) is 5.24. The largest absolute Gasteiger partial charge is 0.327 e. The summed E-state index contributed by atoms with van der Waals surface area (Å²) in [4.78, 5) is 12.0. The van der Waals surface area contributed by atoms with Gasteiger partial charge in [-0.05, 0) is 25.2 Å². The van der Waals surface area contributed by atoms with Gasteiger partial charge in [0.25, 0.3) is 0 Å². The fourth-order valence-electron chi connectivity index (χ4n) is 1.86. The van der Waals surface area contributed by atoms with Gasteiger partial charge in [-0.2, -0.15) is 0 Å². The van der Waals surface area contributed by atoms with E-state index in [1.807, 2.05) is 6.92 Å². The van der Waals surface area contributed by atoms with Crippen molar-refractivity contribution in [2.24, 2.45) is 11.7 Å². The quantitative estimate of drug-likeness (QED) is 0.729. The minimum atomic E-state index is 0.0116. The van der Waals surface area contributed by atoms with E-state index in [0.29, 0.717) is 18.0 Å². The zero-order valence-electron chi connectivity index (χ0n) is 9.59. The van der Waals surface area contributed by atoms with Crippen LogP contribution < -0.4 is 5.73 Å². The maximum absolute atomic E-state index is 12.0. The van der Waals surface area contributed by atoms with Gasteiger partial charge < -0.3 is 5.73 Å². The third-order valence-electron chi connectivity index (χ3n) is 2.99. The van der Waals surface area contributed by atoms with Crippen molar-refractivity contribution in [2.45, 2.75) is 45.2 Å². The Morgan fingerprint density at radius 2 is 2.44 bits per heavy atom. The van der Waals surface area contributed by atoms with Gasteiger partial charge in [0.1, 0.15) is 5.69 Å². The van der Waals surface area contributed by atoms with Crippen molar-refractivity contribution in [2.75, 3.05) is 0 Å². The first-order valence-corrected chi connectivity index (χ1v) is 5.89. The molecule has 2 N–H and O–H groups in total. The zero-order chi connectivity index (χ0) is 11.5. The van der Waals surface area contributed by atoms with Crippen molar-refractivity contribution >= 4 is 5.78 Å². The van der Waals surface area contributed by atoms with Crippen LogP contribution in [0.4, 0.5) is 0 Å². The first-order chi connectivity index (χ1) is 7.72. The van der Waals surface area contributed by atoms with Crippen LogP contribution in [0.1, 0.15) is 43.1 Å². The molecule has 16 heavy (non-hydrogen) atoms. The Hall–Kier alpha value is -1.23. The summed E-state index contributed by atoms with van der Waals surface area (Å²) in [6, 6.07) is 0.0116. The van der Waals surface area contributed by atoms with Crippen molar-refractivity contribution in [3.8, 4) is 0 Å². The molecule has 0 bridgehead atoms. The standard InChI is InChI=1S/C11H18N4O/c1-2-5-15-10(7-13-14-15)11(16)6-9(12)8-3-4-8/h7-9H,2-6,12H2,1H3. The molecule has 1 aromatic heterocycles. The number of nitrogens with two attached hydrogens (primary N) is 1. The Morgan fingerprint density at radius 1 is 1.69 bits per heavy atom. The third kappa shape index (κ3) is 2.47. The molecule has 0 aromatic carbocycles. The second-order valence-corrected chi connectivity index (χ2v) is 4.47. The van der Waals surface area contributed by atoms with E-state index in [4.69, 9.17) is 5.73 Å². The summed E-state index contributed by atoms with van der Waals surface area (Å²) in [6.45, 7) is 2.78. The minimum Gasteiger partial charge on any atom is -0.327 e. The van der Waals surface area contributed by atoms with Crippen LogP contribution in [-0.2, 0) is 6.54 Å². The van der Waals surface area contributed by atoms with Crippen molar-refractivity contribution in [3.63, 3.8) is 0 Å². The van der Waals surface area contributed by atoms with Gasteiger partial charge in [0.15, 0.2) is 5.78 Å². The van der Waals surface area contributed by atoms with Gasteiger partial charge in [0.05, 0.1) is 6.20 Å². The molecular formula is C11H18N4O. The first kappa shape index (κ1) is 11.3. The lowest BCUT2D eigenvalue weighted by Gasteiger charge is -2.09. The summed E-state index contributed by atoms with van der Waals surface area (Å²) in [5.74, 6) is 0.623. The molecule has 88 valence electrons. The maximum Gasteiger partial charge on any atom is 0.184 e. The number of carbonyl (C=O) groups is 1. The van der Waals surface area contributed by atoms with E-state index in [-0.39, 0.29) is 11.8 Å². The Morgan fingerprint density at radius 3 is 3.06 bits per heavy atom. The summed E-state index contributed by atoms with van der Waals surface area (Å²) >= 11 is 0. The maximum atomic E-state index is 12.0. The van der Waals surface area contributed by atoms with E-state index in [9.17, 15) is 4.79 Å². The molecule has 1 atom stereocenters. The van der Waals surface area contributed by atoms with Crippen LogP contribution in [0.5, 0.6) is 0 Å². The summed E-state index contributed by atoms with van der Waals surface area (Å²) in [7, 11) is 0. The number of aromatic nitrogens is 3. The van der Waals surface area contributed by atoms with Crippen molar-refractivity contribution in [1.82, 2.24) is 15.0 Å². The van der Waals surface area contributed by atoms with Gasteiger partial charge in [-0.25, -0.2) is 4.68 Å². The SMILES string of the molecule is CCCn1nncc1C(=O)CC(N)C1CC1. The number of Topliss-reactive ketones (excluding diaryl/α,β-unsaturated/α-hetero) is 1. The molecule has 1 unspecified atom stereocenters. The van der Waals surface area contributed by atoms with Gasteiger partial charge in [-0.15, -0.1) is 5.10 Å². The van der Waals surface area contributed by atoms with E-state index in [1.165, 1.54) is 19.0 Å². The van der Waals surface area contributed by atoms with Gasteiger partial charge in [-0.3, -0.25) is 4.79 Å². The first-order valence-electron chi connectivity index (χ1n) is 5.89. The monoisotopic (exact) mass is 222 g/mol. The van der Waals surface area contributed by atoms with E-state index in [1.54, 1.807) is 4.68 Å². The molecular weight excluding hydrogens is 204 g/mol. The molecule has 2 rings (SSSR count). The van der Waals surface area contributed by atoms with Crippen molar-refractivity contribution in [1.29, 1.82) is 0 Å².